The van der Waals surface area contributed by atoms with Gasteiger partial charge in [-0.25, -0.2) is 9.07 Å². The van der Waals surface area contributed by atoms with E-state index in [-0.39, 0.29) is 18.6 Å². The molecule has 1 aliphatic rings. The van der Waals surface area contributed by atoms with Crippen molar-refractivity contribution in [1.29, 1.82) is 0 Å². The standard InChI is InChI=1S/C30H29ClFN3O3/c1-2-28-27(20-34(19-26-12-7-17-37-26)29(36)21-13-15-22(31)16-14-21)30(38-25-11-6-8-23(32)18-25)35(33-28)24-9-4-3-5-10-24/h3-6,8-11,13-16,18,26H,2,7,12,17,19-20H2,1H3. The van der Waals surface area contributed by atoms with Gasteiger partial charge in [0.25, 0.3) is 5.91 Å². The number of halogens is 2. The Balaban J connectivity index is 1.57. The fourth-order valence-electron chi connectivity index (χ4n) is 4.63. The number of rotatable bonds is 9. The van der Waals surface area contributed by atoms with Crippen LogP contribution in [0.3, 0.4) is 0 Å². The number of carbonyl (C=O) groups is 1. The van der Waals surface area contributed by atoms with E-state index in [9.17, 15) is 9.18 Å². The summed E-state index contributed by atoms with van der Waals surface area (Å²) in [4.78, 5) is 15.5. The summed E-state index contributed by atoms with van der Waals surface area (Å²) in [6.07, 6.45) is 2.43. The minimum Gasteiger partial charge on any atom is -0.438 e. The lowest BCUT2D eigenvalue weighted by atomic mass is 10.1. The molecule has 0 N–H and O–H groups in total. The molecule has 38 heavy (non-hydrogen) atoms. The molecule has 1 unspecified atom stereocenters. The Labute approximate surface area is 226 Å². The second kappa shape index (κ2) is 11.8. The molecule has 8 heteroatoms. The lowest BCUT2D eigenvalue weighted by Crippen LogP contribution is -2.37. The van der Waals surface area contributed by atoms with Gasteiger partial charge in [-0.1, -0.05) is 42.8 Å². The van der Waals surface area contributed by atoms with Gasteiger partial charge < -0.3 is 14.4 Å². The molecule has 2 heterocycles. The summed E-state index contributed by atoms with van der Waals surface area (Å²) in [6, 6.07) is 22.5. The molecule has 0 radical (unpaired) electrons. The van der Waals surface area contributed by atoms with Gasteiger partial charge in [-0.05, 0) is 67.8 Å². The van der Waals surface area contributed by atoms with Gasteiger partial charge in [-0.15, -0.1) is 0 Å². The molecule has 4 aromatic rings. The minimum absolute atomic E-state index is 0.0481. The van der Waals surface area contributed by atoms with Crippen molar-refractivity contribution in [1.82, 2.24) is 14.7 Å². The molecule has 0 saturated carbocycles. The third kappa shape index (κ3) is 5.90. The molecule has 196 valence electrons. The maximum Gasteiger partial charge on any atom is 0.254 e. The summed E-state index contributed by atoms with van der Waals surface area (Å²) in [7, 11) is 0. The number of nitrogens with zero attached hydrogens (tertiary/aromatic N) is 3. The second-order valence-corrected chi connectivity index (χ2v) is 9.65. The number of para-hydroxylation sites is 1. The second-order valence-electron chi connectivity index (χ2n) is 9.22. The third-order valence-electron chi connectivity index (χ3n) is 6.54. The van der Waals surface area contributed by atoms with E-state index >= 15 is 0 Å². The fourth-order valence-corrected chi connectivity index (χ4v) is 4.76. The number of benzene rings is 3. The van der Waals surface area contributed by atoms with Crippen LogP contribution in [-0.4, -0.2) is 39.8 Å². The lowest BCUT2D eigenvalue weighted by Gasteiger charge is -2.26. The molecule has 1 amide bonds. The van der Waals surface area contributed by atoms with Crippen molar-refractivity contribution >= 4 is 17.5 Å². The first-order valence-corrected chi connectivity index (χ1v) is 13.2. The zero-order valence-electron chi connectivity index (χ0n) is 21.1. The van der Waals surface area contributed by atoms with Crippen LogP contribution >= 0.6 is 11.6 Å². The zero-order valence-corrected chi connectivity index (χ0v) is 21.9. The summed E-state index contributed by atoms with van der Waals surface area (Å²) in [5.74, 6) is 0.257. The van der Waals surface area contributed by atoms with E-state index in [1.165, 1.54) is 12.1 Å². The van der Waals surface area contributed by atoms with Crippen LogP contribution < -0.4 is 4.74 Å². The zero-order chi connectivity index (χ0) is 26.5. The van der Waals surface area contributed by atoms with Crippen LogP contribution in [0.4, 0.5) is 4.39 Å². The van der Waals surface area contributed by atoms with E-state index in [1.807, 2.05) is 37.3 Å². The van der Waals surface area contributed by atoms with Gasteiger partial charge in [0.1, 0.15) is 11.6 Å². The normalized spacial score (nSPS) is 15.0. The number of aromatic nitrogens is 2. The average Bonchev–Trinajstić information content (AvgIpc) is 3.57. The first-order valence-electron chi connectivity index (χ1n) is 12.8. The van der Waals surface area contributed by atoms with E-state index in [0.717, 1.165) is 29.8 Å². The molecule has 5 rings (SSSR count). The Morgan fingerprint density at radius 1 is 1.13 bits per heavy atom. The number of carbonyl (C=O) groups excluding carboxylic acids is 1. The molecule has 1 fully saturated rings. The topological polar surface area (TPSA) is 56.6 Å². The Kier molecular flexibility index (Phi) is 8.05. The van der Waals surface area contributed by atoms with E-state index in [2.05, 4.69) is 0 Å². The first-order chi connectivity index (χ1) is 18.5. The molecular weight excluding hydrogens is 505 g/mol. The molecule has 0 aliphatic carbocycles. The summed E-state index contributed by atoms with van der Waals surface area (Å²) >= 11 is 6.07. The van der Waals surface area contributed by atoms with Crippen LogP contribution in [0.25, 0.3) is 5.69 Å². The summed E-state index contributed by atoms with van der Waals surface area (Å²) in [5.41, 5.74) is 2.89. The Bertz CT molecular complexity index is 1390. The van der Waals surface area contributed by atoms with Crippen LogP contribution in [0.2, 0.25) is 5.02 Å². The number of ether oxygens (including phenoxy) is 2. The Morgan fingerprint density at radius 2 is 1.92 bits per heavy atom. The maximum atomic E-state index is 14.0. The highest BCUT2D eigenvalue weighted by atomic mass is 35.5. The van der Waals surface area contributed by atoms with Crippen molar-refractivity contribution in [3.05, 3.63) is 107 Å². The van der Waals surface area contributed by atoms with Crippen molar-refractivity contribution in [3.8, 4) is 17.3 Å². The van der Waals surface area contributed by atoms with Crippen molar-refractivity contribution in [2.45, 2.75) is 38.8 Å². The van der Waals surface area contributed by atoms with Crippen LogP contribution in [0.5, 0.6) is 11.6 Å². The third-order valence-corrected chi connectivity index (χ3v) is 6.79. The van der Waals surface area contributed by atoms with Gasteiger partial charge in [0.2, 0.25) is 5.88 Å². The summed E-state index contributed by atoms with van der Waals surface area (Å²) in [6.45, 7) is 3.38. The predicted molar refractivity (Wildman–Crippen MR) is 145 cm³/mol. The average molecular weight is 534 g/mol. The monoisotopic (exact) mass is 533 g/mol. The van der Waals surface area contributed by atoms with Gasteiger partial charge in [-0.2, -0.15) is 5.10 Å². The van der Waals surface area contributed by atoms with E-state index < -0.39 is 5.82 Å². The molecule has 1 aliphatic heterocycles. The van der Waals surface area contributed by atoms with Crippen molar-refractivity contribution in [3.63, 3.8) is 0 Å². The molecule has 1 atom stereocenters. The number of hydrogen-bond acceptors (Lipinski definition) is 4. The van der Waals surface area contributed by atoms with Crippen molar-refractivity contribution in [2.24, 2.45) is 0 Å². The summed E-state index contributed by atoms with van der Waals surface area (Å²) in [5, 5.41) is 5.42. The van der Waals surface area contributed by atoms with Gasteiger partial charge in [0, 0.05) is 29.8 Å². The van der Waals surface area contributed by atoms with Crippen molar-refractivity contribution in [2.75, 3.05) is 13.2 Å². The molecule has 6 nitrogen and oxygen atoms in total. The molecule has 0 spiro atoms. The smallest absolute Gasteiger partial charge is 0.254 e. The number of aryl methyl sites for hydroxylation is 1. The Morgan fingerprint density at radius 3 is 2.61 bits per heavy atom. The predicted octanol–water partition coefficient (Wildman–Crippen LogP) is 6.84. The largest absolute Gasteiger partial charge is 0.438 e. The van der Waals surface area contributed by atoms with Gasteiger partial charge in [0.15, 0.2) is 0 Å². The SMILES string of the molecule is CCc1nn(-c2ccccc2)c(Oc2cccc(F)c2)c1CN(CC1CCCO1)C(=O)c1ccc(Cl)cc1. The number of hydrogen-bond donors (Lipinski definition) is 0. The highest BCUT2D eigenvalue weighted by Crippen LogP contribution is 2.33. The molecule has 1 saturated heterocycles. The van der Waals surface area contributed by atoms with Crippen molar-refractivity contribution < 1.29 is 18.7 Å². The first kappa shape index (κ1) is 25.9. The molecule has 1 aromatic heterocycles. The highest BCUT2D eigenvalue weighted by molar-refractivity contribution is 6.30. The Hall–Kier alpha value is -3.68. The van der Waals surface area contributed by atoms with E-state index in [4.69, 9.17) is 26.2 Å². The van der Waals surface area contributed by atoms with Gasteiger partial charge in [-0.3, -0.25) is 4.79 Å². The quantitative estimate of drug-likeness (QED) is 0.236. The molecular formula is C30H29ClFN3O3. The molecule has 3 aromatic carbocycles. The maximum absolute atomic E-state index is 14.0. The van der Waals surface area contributed by atoms with E-state index in [0.29, 0.717) is 41.8 Å². The van der Waals surface area contributed by atoms with E-state index in [1.54, 1.807) is 46.0 Å². The van der Waals surface area contributed by atoms with Crippen LogP contribution in [0, 0.1) is 5.82 Å². The molecule has 0 bridgehead atoms. The fraction of sp³-hybridized carbons (Fsp3) is 0.267. The lowest BCUT2D eigenvalue weighted by molar-refractivity contribution is 0.0505. The van der Waals surface area contributed by atoms with Crippen LogP contribution in [0.1, 0.15) is 41.4 Å². The minimum atomic E-state index is -0.400. The van der Waals surface area contributed by atoms with Crippen LogP contribution in [-0.2, 0) is 17.7 Å². The summed E-state index contributed by atoms with van der Waals surface area (Å²) < 4.78 is 28.0. The highest BCUT2D eigenvalue weighted by Gasteiger charge is 2.28. The van der Waals surface area contributed by atoms with Crippen LogP contribution in [0.15, 0.2) is 78.9 Å². The van der Waals surface area contributed by atoms with Gasteiger partial charge in [0.05, 0.1) is 29.6 Å². The number of amides is 1. The van der Waals surface area contributed by atoms with Gasteiger partial charge >= 0.3 is 0 Å².